The van der Waals surface area contributed by atoms with Crippen molar-refractivity contribution < 1.29 is 9.59 Å². The van der Waals surface area contributed by atoms with E-state index in [2.05, 4.69) is 34.9 Å². The van der Waals surface area contributed by atoms with E-state index in [1.165, 1.54) is 7.05 Å². The molecule has 0 aliphatic carbocycles. The van der Waals surface area contributed by atoms with E-state index < -0.39 is 11.8 Å². The molecule has 2 amide bonds. The van der Waals surface area contributed by atoms with Crippen molar-refractivity contribution in [1.82, 2.24) is 15.5 Å². The van der Waals surface area contributed by atoms with Gasteiger partial charge in [0, 0.05) is 13.6 Å². The molecule has 116 valence electrons. The quantitative estimate of drug-likeness (QED) is 0.837. The van der Waals surface area contributed by atoms with Crippen molar-refractivity contribution in [1.29, 1.82) is 0 Å². The number of likely N-dealkylation sites (N-methyl/N-ethyl adjacent to an activating group) is 2. The van der Waals surface area contributed by atoms with Gasteiger partial charge in [0.05, 0.1) is 6.04 Å². The molecule has 0 fully saturated rings. The van der Waals surface area contributed by atoms with Gasteiger partial charge < -0.3 is 15.5 Å². The van der Waals surface area contributed by atoms with E-state index >= 15 is 0 Å². The fourth-order valence-corrected chi connectivity index (χ4v) is 2.49. The van der Waals surface area contributed by atoms with Crippen LogP contribution >= 0.6 is 0 Å². The molecule has 1 atom stereocenters. The highest BCUT2D eigenvalue weighted by atomic mass is 16.2. The first kappa shape index (κ1) is 16.0. The van der Waals surface area contributed by atoms with Crippen LogP contribution in [0.3, 0.4) is 0 Å². The topological polar surface area (TPSA) is 61.4 Å². The lowest BCUT2D eigenvalue weighted by molar-refractivity contribution is -0.139. The highest BCUT2D eigenvalue weighted by Crippen LogP contribution is 2.26. The van der Waals surface area contributed by atoms with E-state index in [4.69, 9.17) is 0 Å². The van der Waals surface area contributed by atoms with Crippen molar-refractivity contribution in [3.63, 3.8) is 0 Å². The number of rotatable bonds is 4. The normalized spacial score (nSPS) is 12.2. The lowest BCUT2D eigenvalue weighted by Crippen LogP contribution is -2.42. The molecule has 5 heteroatoms. The number of nitrogens with zero attached hydrogens (tertiary/aromatic N) is 1. The molecule has 1 unspecified atom stereocenters. The first-order valence-electron chi connectivity index (χ1n) is 7.18. The number of benzene rings is 2. The molecule has 0 aliphatic rings. The number of carbonyl (C=O) groups excluding carboxylic acids is 2. The Bertz CT molecular complexity index is 677. The third kappa shape index (κ3) is 3.43. The molecule has 0 spiro atoms. The van der Waals surface area contributed by atoms with E-state index in [1.54, 1.807) is 0 Å². The van der Waals surface area contributed by atoms with Crippen LogP contribution in [0.25, 0.3) is 10.8 Å². The molecular weight excluding hydrogens is 278 g/mol. The molecule has 2 rings (SSSR count). The number of carbonyl (C=O) groups is 2. The molecule has 0 saturated carbocycles. The highest BCUT2D eigenvalue weighted by molar-refractivity contribution is 6.35. The Morgan fingerprint density at radius 2 is 1.73 bits per heavy atom. The van der Waals surface area contributed by atoms with Gasteiger partial charge >= 0.3 is 11.8 Å². The molecule has 0 aromatic heterocycles. The zero-order valence-electron chi connectivity index (χ0n) is 13.1. The summed E-state index contributed by atoms with van der Waals surface area (Å²) >= 11 is 0. The lowest BCUT2D eigenvalue weighted by atomic mass is 9.98. The molecule has 0 bridgehead atoms. The maximum absolute atomic E-state index is 11.7. The second kappa shape index (κ2) is 7.04. The summed E-state index contributed by atoms with van der Waals surface area (Å²) < 4.78 is 0. The average Bonchev–Trinajstić information content (AvgIpc) is 2.53. The summed E-state index contributed by atoms with van der Waals surface area (Å²) in [6.45, 7) is 0.368. The maximum atomic E-state index is 11.7. The van der Waals surface area contributed by atoms with Crippen molar-refractivity contribution in [2.75, 3.05) is 27.7 Å². The summed E-state index contributed by atoms with van der Waals surface area (Å²) in [6, 6.07) is 14.3. The van der Waals surface area contributed by atoms with Gasteiger partial charge in [0.15, 0.2) is 0 Å². The molecule has 2 N–H and O–H groups in total. The Morgan fingerprint density at radius 3 is 2.41 bits per heavy atom. The second-order valence-corrected chi connectivity index (χ2v) is 5.34. The summed E-state index contributed by atoms with van der Waals surface area (Å²) in [5.41, 5.74) is 1.13. The van der Waals surface area contributed by atoms with Crippen LogP contribution in [0.4, 0.5) is 0 Å². The summed E-state index contributed by atoms with van der Waals surface area (Å²) in [6.07, 6.45) is 0. The summed E-state index contributed by atoms with van der Waals surface area (Å²) in [5.74, 6) is -1.25. The maximum Gasteiger partial charge on any atom is 0.309 e. The lowest BCUT2D eigenvalue weighted by Gasteiger charge is -2.26. The summed E-state index contributed by atoms with van der Waals surface area (Å²) in [5, 5.41) is 7.32. The smallest absolute Gasteiger partial charge is 0.309 e. The Balaban J connectivity index is 2.27. The van der Waals surface area contributed by atoms with Gasteiger partial charge in [-0.15, -0.1) is 0 Å². The van der Waals surface area contributed by atoms with Crippen molar-refractivity contribution in [2.45, 2.75) is 6.04 Å². The molecule has 5 nitrogen and oxygen atoms in total. The fourth-order valence-electron chi connectivity index (χ4n) is 2.49. The Kier molecular flexibility index (Phi) is 5.12. The van der Waals surface area contributed by atoms with Gasteiger partial charge in [0.25, 0.3) is 0 Å². The number of nitrogens with one attached hydrogen (secondary N) is 2. The second-order valence-electron chi connectivity index (χ2n) is 5.34. The zero-order chi connectivity index (χ0) is 16.1. The minimum atomic E-state index is -0.629. The van der Waals surface area contributed by atoms with E-state index in [-0.39, 0.29) is 6.04 Å². The Morgan fingerprint density at radius 1 is 1.05 bits per heavy atom. The molecule has 0 aliphatic heterocycles. The van der Waals surface area contributed by atoms with E-state index in [0.29, 0.717) is 6.54 Å². The van der Waals surface area contributed by atoms with Gasteiger partial charge in [-0.3, -0.25) is 9.59 Å². The van der Waals surface area contributed by atoms with E-state index in [1.807, 2.05) is 37.2 Å². The van der Waals surface area contributed by atoms with Crippen LogP contribution in [0.5, 0.6) is 0 Å². The minimum Gasteiger partial charge on any atom is -0.351 e. The van der Waals surface area contributed by atoms with E-state index in [0.717, 1.165) is 16.3 Å². The SMILES string of the molecule is CNC(=O)C(=O)NCC(c1cccc2ccccc12)N(C)C. The average molecular weight is 299 g/mol. The van der Waals surface area contributed by atoms with Crippen LogP contribution < -0.4 is 10.6 Å². The van der Waals surface area contributed by atoms with Crippen LogP contribution in [-0.4, -0.2) is 44.4 Å². The minimum absolute atomic E-state index is 0.0142. The molecule has 2 aromatic rings. The molecule has 0 saturated heterocycles. The van der Waals surface area contributed by atoms with Gasteiger partial charge in [-0.2, -0.15) is 0 Å². The van der Waals surface area contributed by atoms with Crippen molar-refractivity contribution in [3.8, 4) is 0 Å². The van der Waals surface area contributed by atoms with Gasteiger partial charge in [0.1, 0.15) is 0 Å². The van der Waals surface area contributed by atoms with Gasteiger partial charge in [-0.1, -0.05) is 42.5 Å². The van der Waals surface area contributed by atoms with Crippen molar-refractivity contribution >= 4 is 22.6 Å². The monoisotopic (exact) mass is 299 g/mol. The van der Waals surface area contributed by atoms with Gasteiger partial charge in [-0.25, -0.2) is 0 Å². The first-order chi connectivity index (χ1) is 10.5. The van der Waals surface area contributed by atoms with Crippen LogP contribution in [0, 0.1) is 0 Å². The third-order valence-electron chi connectivity index (χ3n) is 3.69. The molecule has 0 radical (unpaired) electrons. The largest absolute Gasteiger partial charge is 0.351 e. The van der Waals surface area contributed by atoms with Gasteiger partial charge in [-0.05, 0) is 30.4 Å². The first-order valence-corrected chi connectivity index (χ1v) is 7.18. The Labute approximate surface area is 130 Å². The van der Waals surface area contributed by atoms with E-state index in [9.17, 15) is 9.59 Å². The summed E-state index contributed by atoms with van der Waals surface area (Å²) in [4.78, 5) is 25.0. The Hall–Kier alpha value is -2.40. The van der Waals surface area contributed by atoms with Crippen LogP contribution in [0.1, 0.15) is 11.6 Å². The molecule has 22 heavy (non-hydrogen) atoms. The van der Waals surface area contributed by atoms with Gasteiger partial charge in [0.2, 0.25) is 0 Å². The predicted molar refractivity (Wildman–Crippen MR) is 87.5 cm³/mol. The van der Waals surface area contributed by atoms with Crippen molar-refractivity contribution in [3.05, 3.63) is 48.0 Å². The molecule has 2 aromatic carbocycles. The highest BCUT2D eigenvalue weighted by Gasteiger charge is 2.19. The number of fused-ring (bicyclic) bond motifs is 1. The third-order valence-corrected chi connectivity index (χ3v) is 3.69. The fraction of sp³-hybridized carbons (Fsp3) is 0.294. The molecule has 0 heterocycles. The molecular formula is C17H21N3O2. The zero-order valence-corrected chi connectivity index (χ0v) is 13.1. The number of hydrogen-bond donors (Lipinski definition) is 2. The standard InChI is InChI=1S/C17H21N3O2/c1-18-16(21)17(22)19-11-15(20(2)3)14-10-6-8-12-7-4-5-9-13(12)14/h4-10,15H,11H2,1-3H3,(H,18,21)(H,19,22). The summed E-state index contributed by atoms with van der Waals surface area (Å²) in [7, 11) is 5.35. The van der Waals surface area contributed by atoms with Crippen molar-refractivity contribution in [2.24, 2.45) is 0 Å². The predicted octanol–water partition coefficient (Wildman–Crippen LogP) is 1.30. The van der Waals surface area contributed by atoms with Crippen LogP contribution in [0.15, 0.2) is 42.5 Å². The number of amides is 2. The van der Waals surface area contributed by atoms with Crippen LogP contribution in [-0.2, 0) is 9.59 Å². The van der Waals surface area contributed by atoms with Crippen LogP contribution in [0.2, 0.25) is 0 Å². The number of hydrogen-bond acceptors (Lipinski definition) is 3.